The van der Waals surface area contributed by atoms with E-state index in [1.54, 1.807) is 11.8 Å². The summed E-state index contributed by atoms with van der Waals surface area (Å²) in [4.78, 5) is 26.7. The van der Waals surface area contributed by atoms with E-state index in [9.17, 15) is 9.59 Å². The Balaban J connectivity index is 1.84. The predicted molar refractivity (Wildman–Crippen MR) is 80.4 cm³/mol. The maximum absolute atomic E-state index is 12.9. The van der Waals surface area contributed by atoms with Gasteiger partial charge in [-0.3, -0.25) is 9.59 Å². The van der Waals surface area contributed by atoms with Crippen molar-refractivity contribution in [3.8, 4) is 0 Å². The van der Waals surface area contributed by atoms with Crippen LogP contribution < -0.4 is 5.32 Å². The molecule has 2 unspecified atom stereocenters. The van der Waals surface area contributed by atoms with Crippen molar-refractivity contribution in [1.82, 2.24) is 10.2 Å². The maximum atomic E-state index is 12.9. The number of carbonyl (C=O) groups is 2. The summed E-state index contributed by atoms with van der Waals surface area (Å²) in [5, 5.41) is 2.88. The largest absolute Gasteiger partial charge is 0.337 e. The Bertz CT molecular complexity index is 553. The Morgan fingerprint density at radius 3 is 2.57 bits per heavy atom. The zero-order valence-electron chi connectivity index (χ0n) is 12.6. The molecule has 0 bridgehead atoms. The highest BCUT2D eigenvalue weighted by molar-refractivity contribution is 5.98. The zero-order valence-corrected chi connectivity index (χ0v) is 12.6. The molecule has 2 atom stereocenters. The molecule has 0 aromatic heterocycles. The van der Waals surface area contributed by atoms with Crippen molar-refractivity contribution in [3.63, 3.8) is 0 Å². The van der Waals surface area contributed by atoms with Gasteiger partial charge in [0.2, 0.25) is 5.91 Å². The molecule has 3 rings (SSSR count). The van der Waals surface area contributed by atoms with Crippen molar-refractivity contribution in [1.29, 1.82) is 0 Å². The fraction of sp³-hybridized carbons (Fsp3) is 0.529. The summed E-state index contributed by atoms with van der Waals surface area (Å²) in [6.45, 7) is 4.84. The normalized spacial score (nSPS) is 27.4. The van der Waals surface area contributed by atoms with Crippen LogP contribution in [0.5, 0.6) is 0 Å². The Morgan fingerprint density at radius 1 is 1.29 bits per heavy atom. The van der Waals surface area contributed by atoms with Gasteiger partial charge in [-0.05, 0) is 37.2 Å². The Hall–Kier alpha value is -1.84. The minimum Gasteiger partial charge on any atom is -0.337 e. The van der Waals surface area contributed by atoms with Crippen molar-refractivity contribution in [3.05, 3.63) is 35.9 Å². The lowest BCUT2D eigenvalue weighted by molar-refractivity contribution is -0.150. The first kappa shape index (κ1) is 14.1. The average Bonchev–Trinajstić information content (AvgIpc) is 3.30. The van der Waals surface area contributed by atoms with E-state index in [0.717, 1.165) is 11.5 Å². The lowest BCUT2D eigenvalue weighted by Crippen LogP contribution is -2.63. The fourth-order valence-electron chi connectivity index (χ4n) is 3.21. The summed E-state index contributed by atoms with van der Waals surface area (Å²) in [7, 11) is 0. The molecule has 1 aliphatic heterocycles. The SMILES string of the molecule is CC(CN1CC(=O)NC(C)(c2ccccc2)C1=O)C1CC1. The Labute approximate surface area is 125 Å². The lowest BCUT2D eigenvalue weighted by Gasteiger charge is -2.41. The third-order valence-corrected chi connectivity index (χ3v) is 4.73. The maximum Gasteiger partial charge on any atom is 0.253 e. The number of nitrogens with zero attached hydrogens (tertiary/aromatic N) is 1. The topological polar surface area (TPSA) is 49.4 Å². The molecule has 21 heavy (non-hydrogen) atoms. The fourth-order valence-corrected chi connectivity index (χ4v) is 3.21. The average molecular weight is 286 g/mol. The molecule has 0 spiro atoms. The van der Waals surface area contributed by atoms with Gasteiger partial charge in [0.15, 0.2) is 0 Å². The van der Waals surface area contributed by atoms with Gasteiger partial charge in [0, 0.05) is 6.54 Å². The molecule has 0 radical (unpaired) electrons. The number of piperazine rings is 1. The van der Waals surface area contributed by atoms with Crippen LogP contribution in [0.25, 0.3) is 0 Å². The quantitative estimate of drug-likeness (QED) is 0.919. The van der Waals surface area contributed by atoms with Crippen LogP contribution in [-0.4, -0.2) is 29.8 Å². The molecule has 1 saturated carbocycles. The van der Waals surface area contributed by atoms with Gasteiger partial charge in [-0.1, -0.05) is 37.3 Å². The first-order chi connectivity index (χ1) is 10.0. The summed E-state index contributed by atoms with van der Waals surface area (Å²) < 4.78 is 0. The molecule has 1 heterocycles. The summed E-state index contributed by atoms with van der Waals surface area (Å²) in [5.74, 6) is 1.12. The summed E-state index contributed by atoms with van der Waals surface area (Å²) in [6, 6.07) is 9.49. The van der Waals surface area contributed by atoms with Gasteiger partial charge in [-0.2, -0.15) is 0 Å². The molecule has 2 amide bonds. The van der Waals surface area contributed by atoms with Crippen molar-refractivity contribution < 1.29 is 9.59 Å². The second kappa shape index (κ2) is 5.17. The van der Waals surface area contributed by atoms with Crippen LogP contribution in [0, 0.1) is 11.8 Å². The van der Waals surface area contributed by atoms with E-state index >= 15 is 0 Å². The monoisotopic (exact) mass is 286 g/mol. The van der Waals surface area contributed by atoms with Gasteiger partial charge in [0.1, 0.15) is 5.54 Å². The number of benzene rings is 1. The number of nitrogens with one attached hydrogen (secondary N) is 1. The van der Waals surface area contributed by atoms with E-state index in [1.807, 2.05) is 30.3 Å². The summed E-state index contributed by atoms with van der Waals surface area (Å²) >= 11 is 0. The van der Waals surface area contributed by atoms with Gasteiger partial charge in [-0.15, -0.1) is 0 Å². The van der Waals surface area contributed by atoms with Crippen molar-refractivity contribution >= 4 is 11.8 Å². The predicted octanol–water partition coefficient (Wildman–Crippen LogP) is 1.91. The molecule has 1 saturated heterocycles. The van der Waals surface area contributed by atoms with Crippen LogP contribution in [0.2, 0.25) is 0 Å². The molecule has 2 aliphatic rings. The molecule has 2 fully saturated rings. The molecule has 1 N–H and O–H groups in total. The van der Waals surface area contributed by atoms with E-state index in [-0.39, 0.29) is 18.4 Å². The molecule has 4 heteroatoms. The standard InChI is InChI=1S/C17H22N2O2/c1-12(13-8-9-13)10-19-11-15(20)18-17(2,16(19)21)14-6-4-3-5-7-14/h3-7,12-13H,8-11H2,1-2H3,(H,18,20). The van der Waals surface area contributed by atoms with Crippen molar-refractivity contribution in [2.45, 2.75) is 32.2 Å². The first-order valence-electron chi connectivity index (χ1n) is 7.66. The van der Waals surface area contributed by atoms with E-state index in [1.165, 1.54) is 12.8 Å². The van der Waals surface area contributed by atoms with Crippen LogP contribution in [-0.2, 0) is 15.1 Å². The summed E-state index contributed by atoms with van der Waals surface area (Å²) in [6.07, 6.45) is 2.51. The molecular formula is C17H22N2O2. The number of carbonyl (C=O) groups excluding carboxylic acids is 2. The molecular weight excluding hydrogens is 264 g/mol. The lowest BCUT2D eigenvalue weighted by atomic mass is 9.88. The van der Waals surface area contributed by atoms with Crippen LogP contribution in [0.4, 0.5) is 0 Å². The molecule has 112 valence electrons. The molecule has 1 aromatic rings. The van der Waals surface area contributed by atoms with Crippen molar-refractivity contribution in [2.75, 3.05) is 13.1 Å². The molecule has 4 nitrogen and oxygen atoms in total. The smallest absolute Gasteiger partial charge is 0.253 e. The number of amides is 2. The highest BCUT2D eigenvalue weighted by Crippen LogP contribution is 2.37. The number of rotatable bonds is 4. The third-order valence-electron chi connectivity index (χ3n) is 4.73. The zero-order chi connectivity index (χ0) is 15.0. The van der Waals surface area contributed by atoms with E-state index in [2.05, 4.69) is 12.2 Å². The Morgan fingerprint density at radius 2 is 1.95 bits per heavy atom. The van der Waals surface area contributed by atoms with Gasteiger partial charge in [-0.25, -0.2) is 0 Å². The highest BCUT2D eigenvalue weighted by Gasteiger charge is 2.45. The van der Waals surface area contributed by atoms with E-state index in [4.69, 9.17) is 0 Å². The second-order valence-corrected chi connectivity index (χ2v) is 6.54. The van der Waals surface area contributed by atoms with Crippen LogP contribution >= 0.6 is 0 Å². The van der Waals surface area contributed by atoms with Crippen LogP contribution in [0.15, 0.2) is 30.3 Å². The number of hydrogen-bond donors (Lipinski definition) is 1. The molecule has 1 aliphatic carbocycles. The van der Waals surface area contributed by atoms with Gasteiger partial charge >= 0.3 is 0 Å². The van der Waals surface area contributed by atoms with E-state index < -0.39 is 5.54 Å². The first-order valence-corrected chi connectivity index (χ1v) is 7.66. The van der Waals surface area contributed by atoms with Crippen LogP contribution in [0.1, 0.15) is 32.3 Å². The minimum atomic E-state index is -0.945. The van der Waals surface area contributed by atoms with Crippen LogP contribution in [0.3, 0.4) is 0 Å². The van der Waals surface area contributed by atoms with Gasteiger partial charge < -0.3 is 10.2 Å². The number of hydrogen-bond acceptors (Lipinski definition) is 2. The van der Waals surface area contributed by atoms with Crippen molar-refractivity contribution in [2.24, 2.45) is 11.8 Å². The summed E-state index contributed by atoms with van der Waals surface area (Å²) in [5.41, 5.74) is -0.105. The highest BCUT2D eigenvalue weighted by atomic mass is 16.2. The van der Waals surface area contributed by atoms with E-state index in [0.29, 0.717) is 12.5 Å². The molecule has 1 aromatic carbocycles. The third kappa shape index (κ3) is 2.67. The van der Waals surface area contributed by atoms with Gasteiger partial charge in [0.05, 0.1) is 6.54 Å². The second-order valence-electron chi connectivity index (χ2n) is 6.54. The minimum absolute atomic E-state index is 0.000741. The van der Waals surface area contributed by atoms with Gasteiger partial charge in [0.25, 0.3) is 5.91 Å². The Kier molecular flexibility index (Phi) is 3.47.